The monoisotopic (exact) mass is 249 g/mol. The third-order valence-corrected chi connectivity index (χ3v) is 3.44. The van der Waals surface area contributed by atoms with Gasteiger partial charge in [-0.3, -0.25) is 4.79 Å². The van der Waals surface area contributed by atoms with Crippen LogP contribution in [0.15, 0.2) is 6.07 Å². The van der Waals surface area contributed by atoms with Gasteiger partial charge in [0.25, 0.3) is 0 Å². The summed E-state index contributed by atoms with van der Waals surface area (Å²) in [4.78, 5) is 12.2. The minimum atomic E-state index is -0.119. The van der Waals surface area contributed by atoms with Gasteiger partial charge in [-0.05, 0) is 40.5 Å². The maximum Gasteiger partial charge on any atom is 0.228 e. The van der Waals surface area contributed by atoms with E-state index in [4.69, 9.17) is 0 Å². The van der Waals surface area contributed by atoms with Gasteiger partial charge in [0, 0.05) is 12.0 Å². The molecule has 0 radical (unpaired) electrons. The lowest BCUT2D eigenvalue weighted by atomic mass is 10.1. The molecule has 2 rings (SSSR count). The number of nitrogens with zero attached hydrogens (tertiary/aromatic N) is 2. The predicted molar refractivity (Wildman–Crippen MR) is 72.5 cm³/mol. The van der Waals surface area contributed by atoms with E-state index in [1.807, 2.05) is 17.7 Å². The molecule has 4 heteroatoms. The number of amides is 1. The molecule has 18 heavy (non-hydrogen) atoms. The Morgan fingerprint density at radius 1 is 1.39 bits per heavy atom. The van der Waals surface area contributed by atoms with Crippen molar-refractivity contribution in [3.63, 3.8) is 0 Å². The van der Waals surface area contributed by atoms with E-state index in [-0.39, 0.29) is 17.4 Å². The number of nitrogens with one attached hydrogen (secondary N) is 1. The SMILES string of the molecule is Cc1cc(NC(=O)C2CCCC2)n(C(C)(C)C)n1. The van der Waals surface area contributed by atoms with Crippen LogP contribution in [-0.2, 0) is 10.3 Å². The third kappa shape index (κ3) is 2.74. The highest BCUT2D eigenvalue weighted by Crippen LogP contribution is 2.27. The van der Waals surface area contributed by atoms with Crippen LogP contribution in [0.4, 0.5) is 5.82 Å². The van der Waals surface area contributed by atoms with E-state index >= 15 is 0 Å². The second-order valence-electron chi connectivity index (χ2n) is 6.22. The highest BCUT2D eigenvalue weighted by molar-refractivity contribution is 5.92. The number of hydrogen-bond donors (Lipinski definition) is 1. The van der Waals surface area contributed by atoms with E-state index in [9.17, 15) is 4.79 Å². The fourth-order valence-electron chi connectivity index (χ4n) is 2.52. The van der Waals surface area contributed by atoms with Gasteiger partial charge in [0.05, 0.1) is 11.2 Å². The molecule has 1 aliphatic carbocycles. The highest BCUT2D eigenvalue weighted by atomic mass is 16.2. The molecule has 0 aliphatic heterocycles. The van der Waals surface area contributed by atoms with Crippen LogP contribution in [0.3, 0.4) is 0 Å². The van der Waals surface area contributed by atoms with Crippen LogP contribution >= 0.6 is 0 Å². The average Bonchev–Trinajstić information content (AvgIpc) is 2.85. The average molecular weight is 249 g/mol. The first kappa shape index (κ1) is 13.1. The molecule has 0 bridgehead atoms. The minimum absolute atomic E-state index is 0.119. The number of anilines is 1. The number of aromatic nitrogens is 2. The van der Waals surface area contributed by atoms with Crippen LogP contribution in [0.2, 0.25) is 0 Å². The van der Waals surface area contributed by atoms with Crippen molar-refractivity contribution in [2.45, 2.75) is 58.9 Å². The summed E-state index contributed by atoms with van der Waals surface area (Å²) in [7, 11) is 0. The number of carbonyl (C=O) groups excluding carboxylic acids is 1. The second kappa shape index (κ2) is 4.75. The molecule has 100 valence electrons. The summed E-state index contributed by atoms with van der Waals surface area (Å²) in [5.41, 5.74) is 0.818. The summed E-state index contributed by atoms with van der Waals surface area (Å²) in [6.45, 7) is 8.22. The quantitative estimate of drug-likeness (QED) is 0.875. The molecule has 1 aromatic rings. The number of carbonyl (C=O) groups is 1. The van der Waals surface area contributed by atoms with Crippen molar-refractivity contribution in [3.8, 4) is 0 Å². The van der Waals surface area contributed by atoms with Crippen LogP contribution in [0.1, 0.15) is 52.1 Å². The molecule has 0 saturated heterocycles. The second-order valence-corrected chi connectivity index (χ2v) is 6.22. The topological polar surface area (TPSA) is 46.9 Å². The number of rotatable bonds is 2. The van der Waals surface area contributed by atoms with E-state index in [1.54, 1.807) is 0 Å². The summed E-state index contributed by atoms with van der Waals surface area (Å²) in [6, 6.07) is 1.94. The summed E-state index contributed by atoms with van der Waals surface area (Å²) in [5, 5.41) is 7.50. The lowest BCUT2D eigenvalue weighted by Gasteiger charge is -2.23. The van der Waals surface area contributed by atoms with E-state index in [0.29, 0.717) is 0 Å². The van der Waals surface area contributed by atoms with Gasteiger partial charge in [0.2, 0.25) is 5.91 Å². The van der Waals surface area contributed by atoms with E-state index in [1.165, 1.54) is 12.8 Å². The van der Waals surface area contributed by atoms with Crippen molar-refractivity contribution >= 4 is 11.7 Å². The predicted octanol–water partition coefficient (Wildman–Crippen LogP) is 3.08. The Hall–Kier alpha value is -1.32. The molecule has 1 aliphatic rings. The molecule has 1 fully saturated rings. The first-order valence-corrected chi connectivity index (χ1v) is 6.76. The molecule has 0 aromatic carbocycles. The number of aryl methyl sites for hydroxylation is 1. The third-order valence-electron chi connectivity index (χ3n) is 3.44. The first-order chi connectivity index (χ1) is 8.38. The first-order valence-electron chi connectivity index (χ1n) is 6.76. The molecule has 1 amide bonds. The van der Waals surface area contributed by atoms with Gasteiger partial charge in [-0.2, -0.15) is 5.10 Å². The van der Waals surface area contributed by atoms with E-state index in [2.05, 4.69) is 31.2 Å². The molecular formula is C14H23N3O. The Bertz CT molecular complexity index is 436. The van der Waals surface area contributed by atoms with Gasteiger partial charge in [-0.15, -0.1) is 0 Å². The lowest BCUT2D eigenvalue weighted by Crippen LogP contribution is -2.28. The standard InChI is InChI=1S/C14H23N3O/c1-10-9-12(17(16-10)14(2,3)4)15-13(18)11-7-5-6-8-11/h9,11H,5-8H2,1-4H3,(H,15,18). The Morgan fingerprint density at radius 3 is 2.56 bits per heavy atom. The fourth-order valence-corrected chi connectivity index (χ4v) is 2.52. The van der Waals surface area contributed by atoms with Crippen molar-refractivity contribution in [2.24, 2.45) is 5.92 Å². The zero-order valence-electron chi connectivity index (χ0n) is 11.8. The van der Waals surface area contributed by atoms with Crippen LogP contribution in [0.25, 0.3) is 0 Å². The zero-order valence-corrected chi connectivity index (χ0v) is 11.8. The lowest BCUT2D eigenvalue weighted by molar-refractivity contribution is -0.119. The molecule has 1 N–H and O–H groups in total. The van der Waals surface area contributed by atoms with Crippen molar-refractivity contribution in [2.75, 3.05) is 5.32 Å². The summed E-state index contributed by atoms with van der Waals surface area (Å²) in [5.74, 6) is 1.16. The maximum absolute atomic E-state index is 12.2. The fraction of sp³-hybridized carbons (Fsp3) is 0.714. The Balaban J connectivity index is 2.15. The minimum Gasteiger partial charge on any atom is -0.311 e. The molecular weight excluding hydrogens is 226 g/mol. The van der Waals surface area contributed by atoms with Crippen LogP contribution < -0.4 is 5.32 Å². The van der Waals surface area contributed by atoms with Gasteiger partial charge < -0.3 is 5.32 Å². The van der Waals surface area contributed by atoms with Crippen LogP contribution in [0, 0.1) is 12.8 Å². The Labute approximate surface area is 109 Å². The van der Waals surface area contributed by atoms with Gasteiger partial charge >= 0.3 is 0 Å². The summed E-state index contributed by atoms with van der Waals surface area (Å²) < 4.78 is 1.90. The summed E-state index contributed by atoms with van der Waals surface area (Å²) >= 11 is 0. The van der Waals surface area contributed by atoms with Gasteiger partial charge in [0.15, 0.2) is 0 Å². The van der Waals surface area contributed by atoms with E-state index in [0.717, 1.165) is 24.4 Å². The van der Waals surface area contributed by atoms with Gasteiger partial charge in [-0.25, -0.2) is 4.68 Å². The molecule has 1 saturated carbocycles. The molecule has 0 spiro atoms. The van der Waals surface area contributed by atoms with Crippen molar-refractivity contribution in [3.05, 3.63) is 11.8 Å². The van der Waals surface area contributed by atoms with Crippen molar-refractivity contribution in [1.82, 2.24) is 9.78 Å². The maximum atomic E-state index is 12.2. The summed E-state index contributed by atoms with van der Waals surface area (Å²) in [6.07, 6.45) is 4.40. The molecule has 4 nitrogen and oxygen atoms in total. The smallest absolute Gasteiger partial charge is 0.228 e. The molecule has 1 aromatic heterocycles. The van der Waals surface area contributed by atoms with Gasteiger partial charge in [-0.1, -0.05) is 12.8 Å². The normalized spacial score (nSPS) is 17.1. The van der Waals surface area contributed by atoms with Gasteiger partial charge in [0.1, 0.15) is 5.82 Å². The van der Waals surface area contributed by atoms with Crippen LogP contribution in [-0.4, -0.2) is 15.7 Å². The largest absolute Gasteiger partial charge is 0.311 e. The molecule has 0 atom stereocenters. The molecule has 0 unspecified atom stereocenters. The van der Waals surface area contributed by atoms with Crippen molar-refractivity contribution < 1.29 is 4.79 Å². The molecule has 1 heterocycles. The van der Waals surface area contributed by atoms with E-state index < -0.39 is 0 Å². The Kier molecular flexibility index (Phi) is 3.46. The van der Waals surface area contributed by atoms with Crippen LogP contribution in [0.5, 0.6) is 0 Å². The number of hydrogen-bond acceptors (Lipinski definition) is 2. The highest BCUT2D eigenvalue weighted by Gasteiger charge is 2.25. The Morgan fingerprint density at radius 2 is 2.00 bits per heavy atom. The van der Waals surface area contributed by atoms with Crippen molar-refractivity contribution in [1.29, 1.82) is 0 Å². The zero-order chi connectivity index (χ0) is 13.3.